The maximum absolute atomic E-state index is 14.1. The molecule has 3 amide bonds. The van der Waals surface area contributed by atoms with Crippen molar-refractivity contribution < 1.29 is 33.8 Å². The molecule has 2 aliphatic heterocycles. The Morgan fingerprint density at radius 2 is 1.60 bits per heavy atom. The van der Waals surface area contributed by atoms with Crippen molar-refractivity contribution in [2.24, 2.45) is 11.8 Å². The van der Waals surface area contributed by atoms with Gasteiger partial charge in [0.05, 0.1) is 24.8 Å². The molecular weight excluding hydrogens is 558 g/mol. The Hall–Kier alpha value is -2.82. The van der Waals surface area contributed by atoms with Crippen LogP contribution in [-0.4, -0.2) is 82.4 Å². The van der Waals surface area contributed by atoms with E-state index in [-0.39, 0.29) is 47.8 Å². The Morgan fingerprint density at radius 1 is 0.976 bits per heavy atom. The van der Waals surface area contributed by atoms with Crippen LogP contribution in [0.2, 0.25) is 0 Å². The molecule has 10 nitrogen and oxygen atoms in total. The lowest BCUT2D eigenvalue weighted by Gasteiger charge is -2.47. The Balaban J connectivity index is 1.51. The molecule has 0 radical (unpaired) electrons. The minimum Gasteiger partial charge on any atom is -0.477 e. The Kier molecular flexibility index (Phi) is 8.94. The van der Waals surface area contributed by atoms with Gasteiger partial charge in [-0.2, -0.15) is 0 Å². The van der Waals surface area contributed by atoms with Crippen LogP contribution in [0.3, 0.4) is 0 Å². The Morgan fingerprint density at radius 3 is 2.14 bits per heavy atom. The maximum atomic E-state index is 14.1. The summed E-state index contributed by atoms with van der Waals surface area (Å²) in [6.45, 7) is 16.6. The fourth-order valence-electron chi connectivity index (χ4n) is 5.96. The van der Waals surface area contributed by atoms with Crippen LogP contribution < -0.4 is 4.90 Å². The van der Waals surface area contributed by atoms with Gasteiger partial charge < -0.3 is 29.3 Å². The summed E-state index contributed by atoms with van der Waals surface area (Å²) in [7, 11) is 0. The van der Waals surface area contributed by atoms with Crippen LogP contribution in [-0.2, 0) is 19.7 Å². The first kappa shape index (κ1) is 32.1. The number of likely N-dealkylation sites (tertiary alicyclic amines) is 2. The van der Waals surface area contributed by atoms with Crippen LogP contribution in [0, 0.1) is 11.8 Å². The van der Waals surface area contributed by atoms with Gasteiger partial charge >= 0.3 is 18.2 Å². The van der Waals surface area contributed by atoms with Crippen LogP contribution in [0.1, 0.15) is 102 Å². The molecule has 1 aromatic heterocycles. The van der Waals surface area contributed by atoms with E-state index in [1.54, 1.807) is 37.5 Å². The average molecular weight is 606 g/mol. The van der Waals surface area contributed by atoms with E-state index in [1.807, 2.05) is 26.8 Å². The lowest BCUT2D eigenvalue weighted by atomic mass is 9.82. The molecule has 42 heavy (non-hydrogen) atoms. The van der Waals surface area contributed by atoms with Gasteiger partial charge in [-0.3, -0.25) is 4.79 Å². The molecule has 0 spiro atoms. The van der Waals surface area contributed by atoms with E-state index in [9.17, 15) is 24.3 Å². The van der Waals surface area contributed by atoms with Crippen LogP contribution in [0.5, 0.6) is 0 Å². The number of carboxylic acid groups (broad SMARTS) is 1. The first-order chi connectivity index (χ1) is 19.4. The largest absolute Gasteiger partial charge is 0.477 e. The standard InChI is InChI=1S/C31H47N3O7S/c1-19-9-11-20(12-10-19)25(35)34(22-15-23(29(2,3)4)42-24(22)26(36)37)21-13-14-32(16-21)27(38)41-31(8)17-33(18-31)28(39)40-30(5,6)7/h15,19-21H,9-14,16-18H2,1-8H3,(H,36,37)/t19-,20-,21-/m0/s1. The highest BCUT2D eigenvalue weighted by molar-refractivity contribution is 7.14. The molecule has 11 heteroatoms. The third kappa shape index (κ3) is 7.21. The molecule has 0 aromatic carbocycles. The molecule has 1 saturated carbocycles. The van der Waals surface area contributed by atoms with Crippen molar-refractivity contribution >= 4 is 41.1 Å². The van der Waals surface area contributed by atoms with Crippen LogP contribution >= 0.6 is 11.3 Å². The van der Waals surface area contributed by atoms with Crippen molar-refractivity contribution in [2.75, 3.05) is 31.1 Å². The number of rotatable bonds is 5. The molecule has 1 N–H and O–H groups in total. The summed E-state index contributed by atoms with van der Waals surface area (Å²) >= 11 is 1.22. The van der Waals surface area contributed by atoms with Crippen LogP contribution in [0.25, 0.3) is 0 Å². The number of carbonyl (C=O) groups excluding carboxylic acids is 3. The fourth-order valence-corrected chi connectivity index (χ4v) is 7.00. The molecule has 1 aromatic rings. The van der Waals surface area contributed by atoms with Crippen molar-refractivity contribution in [1.82, 2.24) is 9.80 Å². The molecule has 2 saturated heterocycles. The number of nitrogens with zero attached hydrogens (tertiary/aromatic N) is 3. The van der Waals surface area contributed by atoms with Gasteiger partial charge in [-0.15, -0.1) is 11.3 Å². The summed E-state index contributed by atoms with van der Waals surface area (Å²) in [5.74, 6) is -0.708. The third-order valence-electron chi connectivity index (χ3n) is 8.33. The van der Waals surface area contributed by atoms with Gasteiger partial charge in [0.25, 0.3) is 0 Å². The molecule has 1 atom stereocenters. The number of ether oxygens (including phenoxy) is 2. The first-order valence-electron chi connectivity index (χ1n) is 15.0. The predicted octanol–water partition coefficient (Wildman–Crippen LogP) is 6.12. The van der Waals surface area contributed by atoms with Crippen molar-refractivity contribution in [3.63, 3.8) is 0 Å². The van der Waals surface area contributed by atoms with E-state index in [4.69, 9.17) is 9.47 Å². The normalized spacial score (nSPS) is 24.1. The molecule has 4 rings (SSSR count). The van der Waals surface area contributed by atoms with E-state index >= 15 is 0 Å². The molecule has 0 unspecified atom stereocenters. The second-order valence-electron chi connectivity index (χ2n) is 14.6. The van der Waals surface area contributed by atoms with Gasteiger partial charge in [0.2, 0.25) is 5.91 Å². The topological polar surface area (TPSA) is 117 Å². The lowest BCUT2D eigenvalue weighted by molar-refractivity contribution is -0.124. The zero-order chi connectivity index (χ0) is 31.2. The van der Waals surface area contributed by atoms with Gasteiger partial charge in [0, 0.05) is 23.9 Å². The molecule has 3 heterocycles. The van der Waals surface area contributed by atoms with E-state index in [0.29, 0.717) is 24.6 Å². The molecule has 3 fully saturated rings. The second kappa shape index (κ2) is 11.7. The highest BCUT2D eigenvalue weighted by Gasteiger charge is 2.48. The summed E-state index contributed by atoms with van der Waals surface area (Å²) in [6.07, 6.45) is 3.07. The van der Waals surface area contributed by atoms with Crippen molar-refractivity contribution in [3.05, 3.63) is 15.8 Å². The monoisotopic (exact) mass is 605 g/mol. The van der Waals surface area contributed by atoms with Gasteiger partial charge in [0.15, 0.2) is 0 Å². The second-order valence-corrected chi connectivity index (χ2v) is 15.6. The van der Waals surface area contributed by atoms with E-state index in [0.717, 1.165) is 30.6 Å². The van der Waals surface area contributed by atoms with Crippen molar-refractivity contribution in [3.8, 4) is 0 Å². The van der Waals surface area contributed by atoms with E-state index in [1.165, 1.54) is 16.2 Å². The summed E-state index contributed by atoms with van der Waals surface area (Å²) in [5.41, 5.74) is -1.29. The third-order valence-corrected chi connectivity index (χ3v) is 9.87. The lowest BCUT2D eigenvalue weighted by Crippen LogP contribution is -2.64. The molecule has 1 aliphatic carbocycles. The van der Waals surface area contributed by atoms with Gasteiger partial charge in [0.1, 0.15) is 16.1 Å². The number of hydrogen-bond acceptors (Lipinski definition) is 7. The van der Waals surface area contributed by atoms with Crippen molar-refractivity contribution in [1.29, 1.82) is 0 Å². The number of amides is 3. The smallest absolute Gasteiger partial charge is 0.410 e. The van der Waals surface area contributed by atoms with Crippen LogP contribution in [0.15, 0.2) is 6.07 Å². The van der Waals surface area contributed by atoms with Gasteiger partial charge in [-0.1, -0.05) is 27.7 Å². The molecule has 0 bridgehead atoms. The zero-order valence-electron chi connectivity index (χ0n) is 26.3. The van der Waals surface area contributed by atoms with Crippen molar-refractivity contribution in [2.45, 2.75) is 110 Å². The quantitative estimate of drug-likeness (QED) is 0.430. The summed E-state index contributed by atoms with van der Waals surface area (Å²) < 4.78 is 11.3. The minimum atomic E-state index is -1.05. The van der Waals surface area contributed by atoms with Crippen LogP contribution in [0.4, 0.5) is 15.3 Å². The highest BCUT2D eigenvalue weighted by Crippen LogP contribution is 2.41. The number of anilines is 1. The summed E-state index contributed by atoms with van der Waals surface area (Å²) in [4.78, 5) is 58.0. The fraction of sp³-hybridized carbons (Fsp3) is 0.742. The number of hydrogen-bond donors (Lipinski definition) is 1. The van der Waals surface area contributed by atoms with Gasteiger partial charge in [-0.25, -0.2) is 14.4 Å². The van der Waals surface area contributed by atoms with E-state index < -0.39 is 29.4 Å². The SMILES string of the molecule is CC(C)(C)OC(=O)N1CC(C)(OC(=O)N2CC[C@H](N(c3cc(C(C)(C)C)sc3C(=O)O)C(=O)[C@H]3CC[C@H](C)CC3)C2)C1. The zero-order valence-corrected chi connectivity index (χ0v) is 27.1. The predicted molar refractivity (Wildman–Crippen MR) is 161 cm³/mol. The first-order valence-corrected chi connectivity index (χ1v) is 15.8. The highest BCUT2D eigenvalue weighted by atomic mass is 32.1. The maximum Gasteiger partial charge on any atom is 0.410 e. The number of carboxylic acids is 1. The molecule has 3 aliphatic rings. The summed E-state index contributed by atoms with van der Waals surface area (Å²) in [6, 6.07) is 1.50. The molecular formula is C31H47N3O7S. The summed E-state index contributed by atoms with van der Waals surface area (Å²) in [5, 5.41) is 10.1. The number of aromatic carboxylic acids is 1. The molecule has 234 valence electrons. The Labute approximate surface area is 253 Å². The minimum absolute atomic E-state index is 0.0539. The Bertz CT molecular complexity index is 1200. The number of thiophene rings is 1. The number of carbonyl (C=O) groups is 4. The van der Waals surface area contributed by atoms with Gasteiger partial charge in [-0.05, 0) is 77.2 Å². The average Bonchev–Trinajstić information content (AvgIpc) is 3.50. The van der Waals surface area contributed by atoms with E-state index in [2.05, 4.69) is 6.92 Å².